The lowest BCUT2D eigenvalue weighted by molar-refractivity contribution is 0.0861. The molecule has 4 heteroatoms. The molecule has 0 heterocycles. The van der Waals surface area contributed by atoms with Crippen LogP contribution in [0.1, 0.15) is 40.5 Å². The van der Waals surface area contributed by atoms with Crippen molar-refractivity contribution < 1.29 is 14.3 Å². The number of allylic oxidation sites excluding steroid dienone is 2. The number of rotatable bonds is 4. The lowest BCUT2D eigenvalue weighted by Crippen LogP contribution is -2.20. The molecule has 0 fully saturated rings. The van der Waals surface area contributed by atoms with Crippen molar-refractivity contribution in [3.63, 3.8) is 0 Å². The van der Waals surface area contributed by atoms with Crippen LogP contribution < -0.4 is 0 Å². The van der Waals surface area contributed by atoms with E-state index < -0.39 is 0 Å². The van der Waals surface area contributed by atoms with E-state index in [9.17, 15) is 9.59 Å². The minimum atomic E-state index is -0.240. The molecule has 1 aliphatic carbocycles. The molecule has 1 aromatic rings. The Bertz CT molecular complexity index is 520. The monoisotopic (exact) mass is 308 g/mol. The maximum atomic E-state index is 12.1. The molecule has 0 aromatic heterocycles. The van der Waals surface area contributed by atoms with E-state index in [1.807, 2.05) is 6.92 Å². The molecule has 1 aromatic carbocycles. The van der Waals surface area contributed by atoms with Crippen molar-refractivity contribution in [1.82, 2.24) is 0 Å². The van der Waals surface area contributed by atoms with Crippen LogP contribution >= 0.6 is 15.9 Å². The van der Waals surface area contributed by atoms with Gasteiger partial charge >= 0.3 is 0 Å². The van der Waals surface area contributed by atoms with Gasteiger partial charge in [-0.1, -0.05) is 37.6 Å². The van der Waals surface area contributed by atoms with Gasteiger partial charge in [-0.05, 0) is 22.4 Å². The number of ketones is 2. The predicted octanol–water partition coefficient (Wildman–Crippen LogP) is 3.49. The summed E-state index contributed by atoms with van der Waals surface area (Å²) in [6.45, 7) is 2.02. The van der Waals surface area contributed by atoms with Crippen molar-refractivity contribution in [1.29, 1.82) is 0 Å². The quantitative estimate of drug-likeness (QED) is 0.800. The molecule has 0 saturated carbocycles. The van der Waals surface area contributed by atoms with Crippen molar-refractivity contribution in [2.24, 2.45) is 0 Å². The molecule has 0 spiro atoms. The van der Waals surface area contributed by atoms with Gasteiger partial charge in [-0.25, -0.2) is 0 Å². The summed E-state index contributed by atoms with van der Waals surface area (Å²) < 4.78 is 5.48. The Kier molecular flexibility index (Phi) is 3.97. The summed E-state index contributed by atoms with van der Waals surface area (Å²) in [5.74, 6) is -0.295. The molecule has 0 aliphatic heterocycles. The molecule has 0 bridgehead atoms. The van der Waals surface area contributed by atoms with Gasteiger partial charge in [0.1, 0.15) is 0 Å². The van der Waals surface area contributed by atoms with E-state index in [4.69, 9.17) is 4.74 Å². The van der Waals surface area contributed by atoms with E-state index in [0.717, 1.165) is 12.8 Å². The number of benzene rings is 1. The summed E-state index contributed by atoms with van der Waals surface area (Å²) in [5.41, 5.74) is 0.854. The molecule has 0 N–H and O–H groups in total. The zero-order chi connectivity index (χ0) is 13.1. The van der Waals surface area contributed by atoms with Crippen molar-refractivity contribution in [3.05, 3.63) is 47.2 Å². The van der Waals surface area contributed by atoms with Crippen LogP contribution in [0.15, 0.2) is 36.1 Å². The predicted molar refractivity (Wildman–Crippen MR) is 71.9 cm³/mol. The van der Waals surface area contributed by atoms with E-state index >= 15 is 0 Å². The first-order chi connectivity index (χ1) is 8.63. The van der Waals surface area contributed by atoms with Crippen LogP contribution in [0.25, 0.3) is 0 Å². The minimum absolute atomic E-state index is 0.119. The van der Waals surface area contributed by atoms with E-state index in [1.54, 1.807) is 24.3 Å². The van der Waals surface area contributed by atoms with Crippen molar-refractivity contribution in [2.75, 3.05) is 0 Å². The van der Waals surface area contributed by atoms with Crippen LogP contribution in [0.5, 0.6) is 0 Å². The van der Waals surface area contributed by atoms with Crippen LogP contribution in [0.4, 0.5) is 0 Å². The highest BCUT2D eigenvalue weighted by Crippen LogP contribution is 2.24. The van der Waals surface area contributed by atoms with E-state index in [-0.39, 0.29) is 22.3 Å². The zero-order valence-corrected chi connectivity index (χ0v) is 11.6. The largest absolute Gasteiger partial charge is 0.475 e. The summed E-state index contributed by atoms with van der Waals surface area (Å²) in [7, 11) is 0. The second-order valence-corrected chi connectivity index (χ2v) is 5.09. The van der Waals surface area contributed by atoms with Gasteiger partial charge in [-0.3, -0.25) is 9.59 Å². The fourth-order valence-corrected chi connectivity index (χ4v) is 2.46. The van der Waals surface area contributed by atoms with Crippen molar-refractivity contribution >= 4 is 27.5 Å². The average Bonchev–Trinajstić information content (AvgIpc) is 2.36. The molecule has 1 atom stereocenters. The third-order valence-electron chi connectivity index (χ3n) is 2.69. The standard InChI is InChI=1S/C14H13BrO3/c1-2-5-13(15)18-12-8-11(16)9-6-3-4-7-10(9)14(12)17/h3-4,6-8,13H,2,5H2,1H3. The smallest absolute Gasteiger partial charge is 0.228 e. The molecular weight excluding hydrogens is 296 g/mol. The molecule has 3 nitrogen and oxygen atoms in total. The number of hydrogen-bond donors (Lipinski definition) is 0. The Morgan fingerprint density at radius 1 is 1.22 bits per heavy atom. The van der Waals surface area contributed by atoms with E-state index in [0.29, 0.717) is 11.1 Å². The number of carbonyl (C=O) groups is 2. The molecular formula is C14H13BrO3. The number of ether oxygens (including phenoxy) is 1. The molecule has 94 valence electrons. The topological polar surface area (TPSA) is 43.4 Å². The van der Waals surface area contributed by atoms with Gasteiger partial charge in [0.25, 0.3) is 0 Å². The Hall–Kier alpha value is -1.42. The van der Waals surface area contributed by atoms with Crippen LogP contribution in [-0.4, -0.2) is 16.6 Å². The Labute approximate surface area is 114 Å². The van der Waals surface area contributed by atoms with Gasteiger partial charge in [0.2, 0.25) is 5.78 Å². The highest BCUT2D eigenvalue weighted by Gasteiger charge is 2.27. The van der Waals surface area contributed by atoms with Gasteiger partial charge in [0.05, 0.1) is 0 Å². The first kappa shape index (κ1) is 13.0. The second kappa shape index (κ2) is 5.48. The highest BCUT2D eigenvalue weighted by atomic mass is 79.9. The van der Waals surface area contributed by atoms with E-state index in [2.05, 4.69) is 15.9 Å². The zero-order valence-electron chi connectivity index (χ0n) is 9.98. The lowest BCUT2D eigenvalue weighted by atomic mass is 9.94. The maximum Gasteiger partial charge on any atom is 0.228 e. The van der Waals surface area contributed by atoms with Crippen molar-refractivity contribution in [3.8, 4) is 0 Å². The first-order valence-electron chi connectivity index (χ1n) is 5.84. The number of hydrogen-bond acceptors (Lipinski definition) is 3. The highest BCUT2D eigenvalue weighted by molar-refractivity contribution is 9.09. The maximum absolute atomic E-state index is 12.1. The molecule has 1 unspecified atom stereocenters. The van der Waals surface area contributed by atoms with Crippen LogP contribution in [0.3, 0.4) is 0 Å². The van der Waals surface area contributed by atoms with Gasteiger partial charge in [-0.2, -0.15) is 0 Å². The van der Waals surface area contributed by atoms with Crippen molar-refractivity contribution in [2.45, 2.75) is 24.8 Å². The molecule has 0 saturated heterocycles. The summed E-state index contributed by atoms with van der Waals surface area (Å²) in [6, 6.07) is 6.79. The van der Waals surface area contributed by atoms with Crippen LogP contribution in [0.2, 0.25) is 0 Å². The molecule has 2 rings (SSSR count). The number of fused-ring (bicyclic) bond motifs is 1. The molecule has 18 heavy (non-hydrogen) atoms. The molecule has 0 amide bonds. The normalized spacial score (nSPS) is 16.0. The number of alkyl halides is 1. The van der Waals surface area contributed by atoms with Gasteiger partial charge < -0.3 is 4.74 Å². The fourth-order valence-electron chi connectivity index (χ4n) is 1.80. The SMILES string of the molecule is CCCC(Br)OC1=CC(=O)c2ccccc2C1=O. The fraction of sp³-hybridized carbons (Fsp3) is 0.286. The Morgan fingerprint density at radius 3 is 2.56 bits per heavy atom. The second-order valence-electron chi connectivity index (χ2n) is 4.06. The third kappa shape index (κ3) is 2.53. The Morgan fingerprint density at radius 2 is 1.89 bits per heavy atom. The van der Waals surface area contributed by atoms with Crippen LogP contribution in [0, 0.1) is 0 Å². The lowest BCUT2D eigenvalue weighted by Gasteiger charge is -2.18. The van der Waals surface area contributed by atoms with Gasteiger partial charge in [0.15, 0.2) is 16.6 Å². The van der Waals surface area contributed by atoms with Gasteiger partial charge in [-0.15, -0.1) is 0 Å². The van der Waals surface area contributed by atoms with Gasteiger partial charge in [0, 0.05) is 17.2 Å². The summed E-state index contributed by atoms with van der Waals surface area (Å²) in [4.78, 5) is 24.0. The summed E-state index contributed by atoms with van der Waals surface area (Å²) in [6.07, 6.45) is 2.98. The van der Waals surface area contributed by atoms with Crippen LogP contribution in [-0.2, 0) is 4.74 Å². The molecule has 1 aliphatic rings. The number of carbonyl (C=O) groups excluding carboxylic acids is 2. The number of halogens is 1. The Balaban J connectivity index is 2.26. The summed E-state index contributed by atoms with van der Waals surface area (Å²) in [5, 5.41) is -0.240. The first-order valence-corrected chi connectivity index (χ1v) is 6.75. The number of Topliss-reactive ketones (excluding diaryl/α,β-unsaturated/α-hetero) is 1. The minimum Gasteiger partial charge on any atom is -0.475 e. The third-order valence-corrected chi connectivity index (χ3v) is 3.34. The summed E-state index contributed by atoms with van der Waals surface area (Å²) >= 11 is 3.33. The van der Waals surface area contributed by atoms with E-state index in [1.165, 1.54) is 6.08 Å². The average molecular weight is 309 g/mol. The molecule has 0 radical (unpaired) electrons.